The third-order valence-electron chi connectivity index (χ3n) is 4.63. The molecule has 0 saturated heterocycles. The fraction of sp³-hybridized carbons (Fsp3) is 0.0500. The van der Waals surface area contributed by atoms with E-state index in [0.29, 0.717) is 6.07 Å². The molecule has 7 nitrogen and oxygen atoms in total. The van der Waals surface area contributed by atoms with Crippen molar-refractivity contribution in [3.63, 3.8) is 0 Å². The average molecular weight is 443 g/mol. The Kier molecular flexibility index (Phi) is 4.43. The van der Waals surface area contributed by atoms with Gasteiger partial charge in [-0.3, -0.25) is 5.10 Å². The number of anilines is 2. The van der Waals surface area contributed by atoms with Gasteiger partial charge in [-0.25, -0.2) is 28.7 Å². The van der Waals surface area contributed by atoms with Gasteiger partial charge in [0.1, 0.15) is 11.3 Å². The molecule has 160 valence electrons. The first-order chi connectivity index (χ1) is 15.3. The lowest BCUT2D eigenvalue weighted by Crippen LogP contribution is -2.09. The van der Waals surface area contributed by atoms with Gasteiger partial charge in [0, 0.05) is 24.0 Å². The van der Waals surface area contributed by atoms with Crippen LogP contribution in [0.3, 0.4) is 0 Å². The highest BCUT2D eigenvalue weighted by atomic mass is 19.4. The van der Waals surface area contributed by atoms with Gasteiger partial charge in [-0.1, -0.05) is 18.2 Å². The summed E-state index contributed by atoms with van der Waals surface area (Å²) in [6.45, 7) is 0. The van der Waals surface area contributed by atoms with Crippen LogP contribution >= 0.6 is 0 Å². The predicted octanol–water partition coefficient (Wildman–Crippen LogP) is 5.00. The molecule has 0 atom stereocenters. The lowest BCUT2D eigenvalue weighted by Gasteiger charge is -2.13. The SMILES string of the molecule is Fc1cc(F)c2[nH]nc(Nc3nc(-c4ccccc4C(F)(F)F)nc4nccnc34)c2c1. The first-order valence-electron chi connectivity index (χ1n) is 9.07. The molecule has 0 bridgehead atoms. The van der Waals surface area contributed by atoms with E-state index in [2.05, 4.69) is 35.5 Å². The number of rotatable bonds is 3. The molecular formula is C20H10F5N7. The van der Waals surface area contributed by atoms with Crippen LogP contribution in [0.2, 0.25) is 0 Å². The van der Waals surface area contributed by atoms with Gasteiger partial charge in [-0.2, -0.15) is 18.3 Å². The Balaban J connectivity index is 1.70. The van der Waals surface area contributed by atoms with Crippen molar-refractivity contribution < 1.29 is 22.0 Å². The summed E-state index contributed by atoms with van der Waals surface area (Å²) in [5.41, 5.74) is -1.09. The van der Waals surface area contributed by atoms with E-state index in [-0.39, 0.29) is 45.1 Å². The zero-order valence-electron chi connectivity index (χ0n) is 15.7. The zero-order chi connectivity index (χ0) is 22.5. The number of nitrogens with zero attached hydrogens (tertiary/aromatic N) is 5. The summed E-state index contributed by atoms with van der Waals surface area (Å²) in [4.78, 5) is 16.5. The van der Waals surface area contributed by atoms with E-state index in [1.807, 2.05) is 0 Å². The van der Waals surface area contributed by atoms with Gasteiger partial charge < -0.3 is 5.32 Å². The fourth-order valence-corrected chi connectivity index (χ4v) is 3.25. The second-order valence-electron chi connectivity index (χ2n) is 6.68. The lowest BCUT2D eigenvalue weighted by atomic mass is 10.1. The van der Waals surface area contributed by atoms with Crippen LogP contribution in [-0.4, -0.2) is 30.1 Å². The van der Waals surface area contributed by atoms with Gasteiger partial charge in [0.15, 0.2) is 34.4 Å². The molecule has 0 aliphatic rings. The van der Waals surface area contributed by atoms with E-state index in [9.17, 15) is 22.0 Å². The van der Waals surface area contributed by atoms with Crippen molar-refractivity contribution in [2.45, 2.75) is 6.18 Å². The van der Waals surface area contributed by atoms with Crippen LogP contribution in [0.1, 0.15) is 5.56 Å². The fourth-order valence-electron chi connectivity index (χ4n) is 3.25. The molecule has 3 aromatic heterocycles. The summed E-state index contributed by atoms with van der Waals surface area (Å²) < 4.78 is 68.3. The van der Waals surface area contributed by atoms with E-state index in [1.54, 1.807) is 0 Å². The van der Waals surface area contributed by atoms with Gasteiger partial charge in [-0.05, 0) is 12.1 Å². The number of H-pyrrole nitrogens is 1. The summed E-state index contributed by atoms with van der Waals surface area (Å²) in [6, 6.07) is 6.58. The quantitative estimate of drug-likeness (QED) is 0.381. The molecule has 2 N–H and O–H groups in total. The molecule has 0 aliphatic carbocycles. The van der Waals surface area contributed by atoms with E-state index in [1.165, 1.54) is 30.6 Å². The number of nitrogens with one attached hydrogen (secondary N) is 2. The molecule has 0 spiro atoms. The maximum Gasteiger partial charge on any atom is 0.417 e. The molecule has 0 unspecified atom stereocenters. The Bertz CT molecular complexity index is 1480. The Morgan fingerprint density at radius 3 is 2.50 bits per heavy atom. The third kappa shape index (κ3) is 3.35. The van der Waals surface area contributed by atoms with Crippen molar-refractivity contribution in [1.82, 2.24) is 30.1 Å². The first kappa shape index (κ1) is 19.7. The summed E-state index contributed by atoms with van der Waals surface area (Å²) in [6.07, 6.45) is -1.96. The smallest absolute Gasteiger partial charge is 0.321 e. The van der Waals surface area contributed by atoms with Crippen molar-refractivity contribution in [3.05, 3.63) is 66.0 Å². The topological polar surface area (TPSA) is 92.3 Å². The minimum absolute atomic E-state index is 0.000824. The van der Waals surface area contributed by atoms with Gasteiger partial charge in [-0.15, -0.1) is 0 Å². The van der Waals surface area contributed by atoms with Crippen LogP contribution in [0.25, 0.3) is 33.5 Å². The molecule has 12 heteroatoms. The molecule has 3 heterocycles. The van der Waals surface area contributed by atoms with Crippen LogP contribution in [0, 0.1) is 11.6 Å². The highest BCUT2D eigenvalue weighted by molar-refractivity contribution is 5.94. The maximum atomic E-state index is 14.0. The molecule has 0 amide bonds. The van der Waals surface area contributed by atoms with Crippen LogP contribution in [0.15, 0.2) is 48.8 Å². The Morgan fingerprint density at radius 1 is 0.906 bits per heavy atom. The predicted molar refractivity (Wildman–Crippen MR) is 105 cm³/mol. The molecular weight excluding hydrogens is 433 g/mol. The number of aromatic amines is 1. The summed E-state index contributed by atoms with van der Waals surface area (Å²) >= 11 is 0. The Morgan fingerprint density at radius 2 is 1.69 bits per heavy atom. The Labute approximate surface area is 175 Å². The molecule has 5 rings (SSSR count). The third-order valence-corrected chi connectivity index (χ3v) is 4.63. The molecule has 2 aromatic carbocycles. The molecule has 5 aromatic rings. The minimum Gasteiger partial charge on any atom is -0.321 e. The number of hydrogen-bond acceptors (Lipinski definition) is 6. The van der Waals surface area contributed by atoms with Crippen molar-refractivity contribution in [3.8, 4) is 11.4 Å². The second kappa shape index (κ2) is 7.18. The number of alkyl halides is 3. The normalized spacial score (nSPS) is 11.9. The highest BCUT2D eigenvalue weighted by Crippen LogP contribution is 2.37. The van der Waals surface area contributed by atoms with Gasteiger partial charge in [0.2, 0.25) is 0 Å². The standard InChI is InChI=1S/C20H10F5N7/c21-9-7-11-14(13(22)8-9)31-32-17(11)30-19-15-18(27-6-5-26-15)28-16(29-19)10-3-1-2-4-12(10)20(23,24)25/h1-8H,(H2,27,28,29,30,31,32). The van der Waals surface area contributed by atoms with Crippen molar-refractivity contribution in [2.24, 2.45) is 0 Å². The number of fused-ring (bicyclic) bond motifs is 2. The summed E-state index contributed by atoms with van der Waals surface area (Å²) in [7, 11) is 0. The molecule has 0 fully saturated rings. The Hall–Kier alpha value is -4.22. The summed E-state index contributed by atoms with van der Waals surface area (Å²) in [5, 5.41) is 9.23. The van der Waals surface area contributed by atoms with E-state index in [4.69, 9.17) is 0 Å². The second-order valence-corrected chi connectivity index (χ2v) is 6.68. The monoisotopic (exact) mass is 443 g/mol. The first-order valence-corrected chi connectivity index (χ1v) is 9.07. The average Bonchev–Trinajstić information content (AvgIpc) is 3.16. The van der Waals surface area contributed by atoms with Gasteiger partial charge in [0.05, 0.1) is 10.9 Å². The molecule has 32 heavy (non-hydrogen) atoms. The van der Waals surface area contributed by atoms with E-state index >= 15 is 0 Å². The number of benzene rings is 2. The van der Waals surface area contributed by atoms with Gasteiger partial charge in [0.25, 0.3) is 0 Å². The molecule has 0 radical (unpaired) electrons. The highest BCUT2D eigenvalue weighted by Gasteiger charge is 2.34. The van der Waals surface area contributed by atoms with E-state index < -0.39 is 23.4 Å². The van der Waals surface area contributed by atoms with Crippen molar-refractivity contribution >= 4 is 33.7 Å². The van der Waals surface area contributed by atoms with Crippen LogP contribution in [-0.2, 0) is 6.18 Å². The minimum atomic E-state index is -4.64. The molecule has 0 aliphatic heterocycles. The number of hydrogen-bond donors (Lipinski definition) is 2. The van der Waals surface area contributed by atoms with Crippen LogP contribution in [0.5, 0.6) is 0 Å². The maximum absolute atomic E-state index is 14.0. The summed E-state index contributed by atoms with van der Waals surface area (Å²) in [5.74, 6) is -1.97. The van der Waals surface area contributed by atoms with Crippen molar-refractivity contribution in [1.29, 1.82) is 0 Å². The van der Waals surface area contributed by atoms with Crippen molar-refractivity contribution in [2.75, 3.05) is 5.32 Å². The van der Waals surface area contributed by atoms with E-state index in [0.717, 1.165) is 12.1 Å². The van der Waals surface area contributed by atoms with Gasteiger partial charge >= 0.3 is 6.18 Å². The zero-order valence-corrected chi connectivity index (χ0v) is 15.7. The number of aromatic nitrogens is 6. The molecule has 0 saturated carbocycles. The van der Waals surface area contributed by atoms with Crippen LogP contribution < -0.4 is 5.32 Å². The largest absolute Gasteiger partial charge is 0.417 e. The van der Waals surface area contributed by atoms with Crippen LogP contribution in [0.4, 0.5) is 33.6 Å². The number of halogens is 5. The lowest BCUT2D eigenvalue weighted by molar-refractivity contribution is -0.137.